The molecule has 1 aromatic heterocycles. The predicted octanol–water partition coefficient (Wildman–Crippen LogP) is 4.30. The normalized spacial score (nSPS) is 10.3. The van der Waals surface area contributed by atoms with E-state index in [2.05, 4.69) is 10.3 Å². The number of thiocarbonyl (C=S) groups is 1. The summed E-state index contributed by atoms with van der Waals surface area (Å²) >= 11 is 5.62. The minimum atomic E-state index is -0.396. The first-order valence-corrected chi connectivity index (χ1v) is 10.8. The van der Waals surface area contributed by atoms with Crippen LogP contribution in [0.1, 0.15) is 38.8 Å². The molecule has 0 aliphatic rings. The van der Waals surface area contributed by atoms with E-state index in [0.717, 1.165) is 11.1 Å². The molecule has 0 aliphatic heterocycles. The number of esters is 1. The SMILES string of the molecule is CCOC(=O)c1ccc(N(Cc2ccncc2)C(=S)NC(=O)c2cccc(C)c2OC)cc1. The minimum absolute atomic E-state index is 0.212. The largest absolute Gasteiger partial charge is 0.496 e. The maximum absolute atomic E-state index is 13.0. The van der Waals surface area contributed by atoms with Crippen LogP contribution in [0.4, 0.5) is 5.69 Å². The Morgan fingerprint density at radius 3 is 2.39 bits per heavy atom. The molecule has 7 nitrogen and oxygen atoms in total. The van der Waals surface area contributed by atoms with Crippen LogP contribution in [-0.2, 0) is 11.3 Å². The molecule has 1 N–H and O–H groups in total. The molecular weight excluding hydrogens is 438 g/mol. The van der Waals surface area contributed by atoms with Crippen LogP contribution < -0.4 is 15.0 Å². The average molecular weight is 464 g/mol. The summed E-state index contributed by atoms with van der Waals surface area (Å²) in [5.41, 5.74) is 3.33. The van der Waals surface area contributed by atoms with E-state index in [0.29, 0.717) is 35.7 Å². The predicted molar refractivity (Wildman–Crippen MR) is 131 cm³/mol. The number of hydrogen-bond donors (Lipinski definition) is 1. The van der Waals surface area contributed by atoms with E-state index >= 15 is 0 Å². The van der Waals surface area contributed by atoms with Crippen molar-refractivity contribution in [3.8, 4) is 5.75 Å². The number of carbonyl (C=O) groups is 2. The molecule has 1 heterocycles. The van der Waals surface area contributed by atoms with Crippen LogP contribution in [0, 0.1) is 6.92 Å². The summed E-state index contributed by atoms with van der Waals surface area (Å²) < 4.78 is 10.5. The summed E-state index contributed by atoms with van der Waals surface area (Å²) in [6.45, 7) is 4.32. The quantitative estimate of drug-likeness (QED) is 0.413. The molecule has 0 atom stereocenters. The number of aromatic nitrogens is 1. The number of nitrogens with zero attached hydrogens (tertiary/aromatic N) is 2. The third kappa shape index (κ3) is 5.93. The molecule has 1 amide bonds. The van der Waals surface area contributed by atoms with E-state index in [1.54, 1.807) is 60.6 Å². The molecule has 8 heteroatoms. The summed E-state index contributed by atoms with van der Waals surface area (Å²) in [6, 6.07) is 15.9. The fourth-order valence-electron chi connectivity index (χ4n) is 3.28. The highest BCUT2D eigenvalue weighted by atomic mass is 32.1. The van der Waals surface area contributed by atoms with Crippen molar-refractivity contribution in [1.29, 1.82) is 0 Å². The number of anilines is 1. The Kier molecular flexibility index (Phi) is 8.10. The summed E-state index contributed by atoms with van der Waals surface area (Å²) in [4.78, 5) is 30.8. The van der Waals surface area contributed by atoms with Crippen molar-refractivity contribution in [2.24, 2.45) is 0 Å². The molecule has 0 saturated heterocycles. The van der Waals surface area contributed by atoms with E-state index < -0.39 is 5.97 Å². The zero-order valence-electron chi connectivity index (χ0n) is 18.7. The van der Waals surface area contributed by atoms with Gasteiger partial charge in [0.15, 0.2) is 5.11 Å². The third-order valence-electron chi connectivity index (χ3n) is 4.91. The number of pyridine rings is 1. The molecule has 0 aliphatic carbocycles. The third-order valence-corrected chi connectivity index (χ3v) is 5.23. The van der Waals surface area contributed by atoms with Crippen molar-refractivity contribution in [2.45, 2.75) is 20.4 Å². The topological polar surface area (TPSA) is 80.8 Å². The van der Waals surface area contributed by atoms with Crippen LogP contribution in [-0.4, -0.2) is 35.7 Å². The van der Waals surface area contributed by atoms with Crippen molar-refractivity contribution in [2.75, 3.05) is 18.6 Å². The van der Waals surface area contributed by atoms with Gasteiger partial charge in [-0.15, -0.1) is 0 Å². The van der Waals surface area contributed by atoms with Crippen molar-refractivity contribution in [1.82, 2.24) is 10.3 Å². The Morgan fingerprint density at radius 1 is 1.06 bits per heavy atom. The van der Waals surface area contributed by atoms with Crippen molar-refractivity contribution in [3.63, 3.8) is 0 Å². The molecule has 2 aromatic carbocycles. The lowest BCUT2D eigenvalue weighted by molar-refractivity contribution is 0.0526. The van der Waals surface area contributed by atoms with Gasteiger partial charge in [0.1, 0.15) is 5.75 Å². The van der Waals surface area contributed by atoms with Gasteiger partial charge in [0.05, 0.1) is 31.4 Å². The first-order valence-electron chi connectivity index (χ1n) is 10.4. The molecule has 3 rings (SSSR count). The summed E-state index contributed by atoms with van der Waals surface area (Å²) in [7, 11) is 1.53. The molecule has 0 spiro atoms. The summed E-state index contributed by atoms with van der Waals surface area (Å²) in [5, 5.41) is 3.02. The monoisotopic (exact) mass is 463 g/mol. The number of nitrogens with one attached hydrogen (secondary N) is 1. The highest BCUT2D eigenvalue weighted by Crippen LogP contribution is 2.24. The Hall–Kier alpha value is -3.78. The maximum atomic E-state index is 13.0. The molecule has 0 saturated carbocycles. The van der Waals surface area contributed by atoms with E-state index in [9.17, 15) is 9.59 Å². The van der Waals surface area contributed by atoms with Crippen molar-refractivity contribution < 1.29 is 19.1 Å². The van der Waals surface area contributed by atoms with Crippen molar-refractivity contribution in [3.05, 3.63) is 89.2 Å². The summed E-state index contributed by atoms with van der Waals surface area (Å²) in [6.07, 6.45) is 3.38. The van der Waals surface area contributed by atoms with Crippen LogP contribution in [0.5, 0.6) is 5.75 Å². The van der Waals surface area contributed by atoms with Gasteiger partial charge in [-0.05, 0) is 79.7 Å². The number of rotatable bonds is 7. The minimum Gasteiger partial charge on any atom is -0.496 e. The average Bonchev–Trinajstić information content (AvgIpc) is 2.83. The van der Waals surface area contributed by atoms with Gasteiger partial charge in [0.25, 0.3) is 5.91 Å². The van der Waals surface area contributed by atoms with Gasteiger partial charge in [0, 0.05) is 18.1 Å². The van der Waals surface area contributed by atoms with Crippen LogP contribution in [0.3, 0.4) is 0 Å². The van der Waals surface area contributed by atoms with E-state index in [4.69, 9.17) is 21.7 Å². The fourth-order valence-corrected chi connectivity index (χ4v) is 3.54. The second-order valence-corrected chi connectivity index (χ2v) is 7.51. The lowest BCUT2D eigenvalue weighted by atomic mass is 10.1. The number of methoxy groups -OCH3 is 1. The standard InChI is InChI=1S/C25H25N3O4S/c1-4-32-24(30)19-8-10-20(11-9-19)28(16-18-12-14-26-15-13-18)25(33)27-23(29)21-7-5-6-17(2)22(21)31-3/h5-15H,4,16H2,1-3H3,(H,27,29,33). The Balaban J connectivity index is 1.88. The Bertz CT molecular complexity index is 1130. The summed E-state index contributed by atoms with van der Waals surface area (Å²) in [5.74, 6) is -0.271. The second kappa shape index (κ2) is 11.2. The Labute approximate surface area is 198 Å². The van der Waals surface area contributed by atoms with Crippen molar-refractivity contribution >= 4 is 34.9 Å². The van der Waals surface area contributed by atoms with Gasteiger partial charge in [-0.1, -0.05) is 12.1 Å². The number of benzene rings is 2. The van der Waals surface area contributed by atoms with E-state index in [-0.39, 0.29) is 11.0 Å². The molecule has 0 radical (unpaired) electrons. The van der Waals surface area contributed by atoms with Gasteiger partial charge >= 0.3 is 5.97 Å². The first-order chi connectivity index (χ1) is 15.9. The molecule has 33 heavy (non-hydrogen) atoms. The zero-order valence-corrected chi connectivity index (χ0v) is 19.5. The van der Waals surface area contributed by atoms with Gasteiger partial charge in [-0.25, -0.2) is 4.79 Å². The number of ether oxygens (including phenoxy) is 2. The van der Waals surface area contributed by atoms with E-state index in [1.807, 2.05) is 25.1 Å². The molecule has 0 bridgehead atoms. The number of amides is 1. The molecule has 0 fully saturated rings. The fraction of sp³-hybridized carbons (Fsp3) is 0.200. The lowest BCUT2D eigenvalue weighted by Crippen LogP contribution is -2.42. The molecular formula is C25H25N3O4S. The number of hydrogen-bond acceptors (Lipinski definition) is 6. The van der Waals surface area contributed by atoms with Crippen LogP contribution in [0.15, 0.2) is 67.0 Å². The van der Waals surface area contributed by atoms with Gasteiger partial charge in [-0.3, -0.25) is 15.1 Å². The van der Waals surface area contributed by atoms with Crippen LogP contribution >= 0.6 is 12.2 Å². The molecule has 0 unspecified atom stereocenters. The second-order valence-electron chi connectivity index (χ2n) is 7.12. The Morgan fingerprint density at radius 2 is 1.76 bits per heavy atom. The van der Waals surface area contributed by atoms with Crippen LogP contribution in [0.2, 0.25) is 0 Å². The number of para-hydroxylation sites is 1. The van der Waals surface area contributed by atoms with Gasteiger partial charge in [0.2, 0.25) is 0 Å². The number of carbonyl (C=O) groups excluding carboxylic acids is 2. The maximum Gasteiger partial charge on any atom is 0.338 e. The first kappa shape index (κ1) is 23.9. The van der Waals surface area contributed by atoms with Gasteiger partial charge in [-0.2, -0.15) is 0 Å². The van der Waals surface area contributed by atoms with Gasteiger partial charge < -0.3 is 14.4 Å². The highest BCUT2D eigenvalue weighted by molar-refractivity contribution is 7.80. The van der Waals surface area contributed by atoms with Crippen LogP contribution in [0.25, 0.3) is 0 Å². The number of aryl methyl sites for hydroxylation is 1. The highest BCUT2D eigenvalue weighted by Gasteiger charge is 2.20. The smallest absolute Gasteiger partial charge is 0.338 e. The lowest BCUT2D eigenvalue weighted by Gasteiger charge is -2.26. The molecule has 170 valence electrons. The zero-order chi connectivity index (χ0) is 23.8. The van der Waals surface area contributed by atoms with E-state index in [1.165, 1.54) is 7.11 Å². The molecule has 3 aromatic rings.